The second-order valence-electron chi connectivity index (χ2n) is 5.62. The first-order valence-electron chi connectivity index (χ1n) is 7.81. The molecular formula is C19H24N2O3. The Labute approximate surface area is 143 Å². The molecule has 128 valence electrons. The molecular weight excluding hydrogens is 304 g/mol. The maximum absolute atomic E-state index is 12.2. The number of benzene rings is 2. The number of nitrogens with one attached hydrogen (secondary N) is 1. The molecule has 0 unspecified atom stereocenters. The number of carbonyl (C=O) groups is 1. The van der Waals surface area contributed by atoms with E-state index in [9.17, 15) is 4.79 Å². The first-order chi connectivity index (χ1) is 11.5. The van der Waals surface area contributed by atoms with Gasteiger partial charge in [-0.3, -0.25) is 4.79 Å². The van der Waals surface area contributed by atoms with Crippen LogP contribution in [0, 0.1) is 0 Å². The highest BCUT2D eigenvalue weighted by atomic mass is 16.5. The third-order valence-corrected chi connectivity index (χ3v) is 3.82. The van der Waals surface area contributed by atoms with Gasteiger partial charge in [0.05, 0.1) is 14.2 Å². The van der Waals surface area contributed by atoms with Crippen LogP contribution in [0.25, 0.3) is 0 Å². The Kier molecular flexibility index (Phi) is 6.07. The number of anilines is 1. The van der Waals surface area contributed by atoms with Crippen LogP contribution in [0.4, 0.5) is 5.69 Å². The lowest BCUT2D eigenvalue weighted by molar-refractivity contribution is 0.0954. The van der Waals surface area contributed by atoms with Crippen molar-refractivity contribution >= 4 is 11.6 Å². The van der Waals surface area contributed by atoms with Crippen LogP contribution in [0.2, 0.25) is 0 Å². The van der Waals surface area contributed by atoms with E-state index in [-0.39, 0.29) is 5.91 Å². The molecule has 0 aliphatic carbocycles. The van der Waals surface area contributed by atoms with E-state index >= 15 is 0 Å². The van der Waals surface area contributed by atoms with Gasteiger partial charge in [-0.2, -0.15) is 0 Å². The Balaban J connectivity index is 1.93. The lowest BCUT2D eigenvalue weighted by Gasteiger charge is -2.13. The molecule has 2 rings (SSSR count). The zero-order valence-corrected chi connectivity index (χ0v) is 14.6. The van der Waals surface area contributed by atoms with Crippen molar-refractivity contribution in [3.63, 3.8) is 0 Å². The molecule has 5 heteroatoms. The molecule has 0 aliphatic rings. The third kappa shape index (κ3) is 4.41. The monoisotopic (exact) mass is 328 g/mol. The highest BCUT2D eigenvalue weighted by molar-refractivity contribution is 5.94. The zero-order chi connectivity index (χ0) is 17.5. The highest BCUT2D eigenvalue weighted by Gasteiger charge is 2.08. The number of ether oxygens (including phenoxy) is 2. The maximum Gasteiger partial charge on any atom is 0.251 e. The molecule has 0 bridgehead atoms. The van der Waals surface area contributed by atoms with Crippen molar-refractivity contribution in [2.24, 2.45) is 0 Å². The Bertz CT molecular complexity index is 682. The minimum Gasteiger partial charge on any atom is -0.497 e. The highest BCUT2D eigenvalue weighted by Crippen LogP contribution is 2.24. The summed E-state index contributed by atoms with van der Waals surface area (Å²) < 4.78 is 10.6. The number of rotatable bonds is 7. The molecule has 2 aromatic carbocycles. The summed E-state index contributed by atoms with van der Waals surface area (Å²) in [6.45, 7) is 0.539. The van der Waals surface area contributed by atoms with Crippen LogP contribution in [0.15, 0.2) is 42.5 Å². The van der Waals surface area contributed by atoms with E-state index in [1.54, 1.807) is 14.2 Å². The van der Waals surface area contributed by atoms with Gasteiger partial charge in [-0.25, -0.2) is 0 Å². The van der Waals surface area contributed by atoms with Crippen LogP contribution >= 0.6 is 0 Å². The van der Waals surface area contributed by atoms with Gasteiger partial charge in [-0.1, -0.05) is 6.07 Å². The van der Waals surface area contributed by atoms with E-state index in [1.807, 2.05) is 61.5 Å². The number of carbonyl (C=O) groups excluding carboxylic acids is 1. The molecule has 24 heavy (non-hydrogen) atoms. The van der Waals surface area contributed by atoms with E-state index < -0.39 is 0 Å². The number of methoxy groups -OCH3 is 2. The van der Waals surface area contributed by atoms with Crippen LogP contribution in [-0.4, -0.2) is 40.8 Å². The summed E-state index contributed by atoms with van der Waals surface area (Å²) in [6.07, 6.45) is 0.689. The molecule has 0 aliphatic heterocycles. The molecule has 0 saturated heterocycles. The first-order valence-corrected chi connectivity index (χ1v) is 7.81. The summed E-state index contributed by atoms with van der Waals surface area (Å²) in [6, 6.07) is 13.2. The van der Waals surface area contributed by atoms with E-state index in [0.717, 1.165) is 22.7 Å². The van der Waals surface area contributed by atoms with Crippen molar-refractivity contribution in [3.8, 4) is 11.5 Å². The van der Waals surface area contributed by atoms with Crippen molar-refractivity contribution in [1.29, 1.82) is 0 Å². The van der Waals surface area contributed by atoms with Crippen LogP contribution in [0.3, 0.4) is 0 Å². The fraction of sp³-hybridized carbons (Fsp3) is 0.316. The lowest BCUT2D eigenvalue weighted by Crippen LogP contribution is -2.25. The van der Waals surface area contributed by atoms with Gasteiger partial charge in [0.2, 0.25) is 0 Å². The first kappa shape index (κ1) is 17.7. The van der Waals surface area contributed by atoms with E-state index in [1.165, 1.54) is 0 Å². The largest absolute Gasteiger partial charge is 0.497 e. The van der Waals surface area contributed by atoms with Gasteiger partial charge in [0.25, 0.3) is 5.91 Å². The molecule has 0 heterocycles. The predicted octanol–water partition coefficient (Wildman–Crippen LogP) is 2.74. The average Bonchev–Trinajstić information content (AvgIpc) is 2.61. The minimum atomic E-state index is -0.0761. The summed E-state index contributed by atoms with van der Waals surface area (Å²) >= 11 is 0. The summed E-state index contributed by atoms with van der Waals surface area (Å²) in [5, 5.41) is 2.94. The van der Waals surface area contributed by atoms with Gasteiger partial charge in [0, 0.05) is 38.0 Å². The molecule has 2 aromatic rings. The molecule has 1 N–H and O–H groups in total. The number of amides is 1. The molecule has 0 fully saturated rings. The SMILES string of the molecule is COc1ccc(CCNC(=O)c2ccc(N(C)C)cc2)c(OC)c1. The minimum absolute atomic E-state index is 0.0761. The molecule has 0 atom stereocenters. The van der Waals surface area contributed by atoms with Crippen molar-refractivity contribution < 1.29 is 14.3 Å². The van der Waals surface area contributed by atoms with Gasteiger partial charge in [0.15, 0.2) is 0 Å². The molecule has 0 aromatic heterocycles. The Hall–Kier alpha value is -2.69. The second-order valence-corrected chi connectivity index (χ2v) is 5.62. The standard InChI is InChI=1S/C19H24N2O3/c1-21(2)16-8-5-15(6-9-16)19(22)20-12-11-14-7-10-17(23-3)13-18(14)24-4/h5-10,13H,11-12H2,1-4H3,(H,20,22). The van der Waals surface area contributed by atoms with E-state index in [2.05, 4.69) is 5.32 Å². The van der Waals surface area contributed by atoms with Crippen LogP contribution in [0.5, 0.6) is 11.5 Å². The maximum atomic E-state index is 12.2. The van der Waals surface area contributed by atoms with E-state index in [4.69, 9.17) is 9.47 Å². The van der Waals surface area contributed by atoms with Crippen LogP contribution in [-0.2, 0) is 6.42 Å². The number of hydrogen-bond donors (Lipinski definition) is 1. The van der Waals surface area contributed by atoms with Gasteiger partial charge >= 0.3 is 0 Å². The Morgan fingerprint density at radius 3 is 2.33 bits per heavy atom. The van der Waals surface area contributed by atoms with Crippen molar-refractivity contribution in [2.45, 2.75) is 6.42 Å². The second kappa shape index (κ2) is 8.24. The topological polar surface area (TPSA) is 50.8 Å². The van der Waals surface area contributed by atoms with Crippen molar-refractivity contribution in [3.05, 3.63) is 53.6 Å². The number of hydrogen-bond acceptors (Lipinski definition) is 4. The zero-order valence-electron chi connectivity index (χ0n) is 14.6. The molecule has 5 nitrogen and oxygen atoms in total. The summed E-state index contributed by atoms with van der Waals surface area (Å²) in [7, 11) is 7.19. The molecule has 0 spiro atoms. The Morgan fingerprint density at radius 1 is 1.04 bits per heavy atom. The molecule has 1 amide bonds. The van der Waals surface area contributed by atoms with Crippen molar-refractivity contribution in [1.82, 2.24) is 5.32 Å². The van der Waals surface area contributed by atoms with Gasteiger partial charge in [-0.05, 0) is 42.3 Å². The molecule has 0 saturated carbocycles. The van der Waals surface area contributed by atoms with Crippen LogP contribution < -0.4 is 19.7 Å². The Morgan fingerprint density at radius 2 is 1.75 bits per heavy atom. The summed E-state index contributed by atoms with van der Waals surface area (Å²) in [5.41, 5.74) is 2.75. The summed E-state index contributed by atoms with van der Waals surface area (Å²) in [4.78, 5) is 14.2. The average molecular weight is 328 g/mol. The fourth-order valence-electron chi connectivity index (χ4n) is 2.38. The number of nitrogens with zero attached hydrogens (tertiary/aromatic N) is 1. The fourth-order valence-corrected chi connectivity index (χ4v) is 2.38. The van der Waals surface area contributed by atoms with Crippen molar-refractivity contribution in [2.75, 3.05) is 39.8 Å². The van der Waals surface area contributed by atoms with E-state index in [0.29, 0.717) is 18.5 Å². The van der Waals surface area contributed by atoms with Crippen LogP contribution in [0.1, 0.15) is 15.9 Å². The van der Waals surface area contributed by atoms with Gasteiger partial charge < -0.3 is 19.7 Å². The third-order valence-electron chi connectivity index (χ3n) is 3.82. The van der Waals surface area contributed by atoms with Gasteiger partial charge in [-0.15, -0.1) is 0 Å². The smallest absolute Gasteiger partial charge is 0.251 e. The quantitative estimate of drug-likeness (QED) is 0.849. The normalized spacial score (nSPS) is 10.2. The predicted molar refractivity (Wildman–Crippen MR) is 96.4 cm³/mol. The summed E-state index contributed by atoms with van der Waals surface area (Å²) in [5.74, 6) is 1.44. The molecule has 0 radical (unpaired) electrons. The lowest BCUT2D eigenvalue weighted by atomic mass is 10.1. The van der Waals surface area contributed by atoms with Gasteiger partial charge in [0.1, 0.15) is 11.5 Å².